The third-order valence-corrected chi connectivity index (χ3v) is 2.02. The number of carboxylic acids is 1. The third kappa shape index (κ3) is 4.03. The second kappa shape index (κ2) is 5.41. The molecule has 80 valence electrons. The van der Waals surface area contributed by atoms with Crippen LogP contribution < -0.4 is 5.32 Å². The third-order valence-electron chi connectivity index (χ3n) is 1.71. The van der Waals surface area contributed by atoms with Crippen LogP contribution in [-0.4, -0.2) is 16.1 Å². The zero-order chi connectivity index (χ0) is 11.3. The first-order valence-electron chi connectivity index (χ1n) is 4.36. The Hall–Kier alpha value is -1.49. The van der Waals surface area contributed by atoms with Gasteiger partial charge in [-0.1, -0.05) is 24.4 Å². The Morgan fingerprint density at radius 1 is 1.40 bits per heavy atom. The number of aliphatic carboxylic acids is 1. The van der Waals surface area contributed by atoms with Gasteiger partial charge in [0.1, 0.15) is 5.82 Å². The van der Waals surface area contributed by atoms with Crippen LogP contribution in [0.25, 0.3) is 0 Å². The van der Waals surface area contributed by atoms with Crippen LogP contribution in [0, 0.1) is 5.82 Å². The lowest BCUT2D eigenvalue weighted by Gasteiger charge is -2.07. The van der Waals surface area contributed by atoms with E-state index in [1.165, 1.54) is 6.07 Å². The summed E-state index contributed by atoms with van der Waals surface area (Å²) in [7, 11) is 0. The van der Waals surface area contributed by atoms with Crippen molar-refractivity contribution in [3.63, 3.8) is 0 Å². The summed E-state index contributed by atoms with van der Waals surface area (Å²) in [5, 5.41) is 11.1. The van der Waals surface area contributed by atoms with E-state index in [9.17, 15) is 9.18 Å². The van der Waals surface area contributed by atoms with Crippen molar-refractivity contribution in [1.29, 1.82) is 0 Å². The molecule has 1 aromatic rings. The first kappa shape index (κ1) is 11.6. The highest BCUT2D eigenvalue weighted by molar-refractivity contribution is 7.80. The minimum Gasteiger partial charge on any atom is -0.481 e. The van der Waals surface area contributed by atoms with E-state index in [-0.39, 0.29) is 18.5 Å². The topological polar surface area (TPSA) is 49.3 Å². The Morgan fingerprint density at radius 2 is 2.07 bits per heavy atom. The molecule has 0 radical (unpaired) electrons. The van der Waals surface area contributed by atoms with Gasteiger partial charge >= 0.3 is 5.97 Å². The van der Waals surface area contributed by atoms with Crippen LogP contribution in [-0.2, 0) is 4.79 Å². The Kier molecular flexibility index (Phi) is 4.17. The van der Waals surface area contributed by atoms with Crippen molar-refractivity contribution >= 4 is 28.9 Å². The smallest absolute Gasteiger partial charge is 0.303 e. The van der Waals surface area contributed by atoms with E-state index in [2.05, 4.69) is 5.32 Å². The summed E-state index contributed by atoms with van der Waals surface area (Å²) in [4.78, 5) is 10.6. The second-order valence-corrected chi connectivity index (χ2v) is 3.41. The number of benzene rings is 1. The Labute approximate surface area is 91.9 Å². The summed E-state index contributed by atoms with van der Waals surface area (Å²) >= 11 is 4.87. The molecule has 1 rings (SSSR count). The van der Waals surface area contributed by atoms with Gasteiger partial charge in [0, 0.05) is 6.42 Å². The second-order valence-electron chi connectivity index (χ2n) is 2.92. The SMILES string of the molecule is O=C(O)CCC(=S)Nc1ccccc1F. The molecule has 0 saturated heterocycles. The predicted molar refractivity (Wildman–Crippen MR) is 59.5 cm³/mol. The van der Waals surface area contributed by atoms with Crippen LogP contribution in [0.3, 0.4) is 0 Å². The van der Waals surface area contributed by atoms with Gasteiger partial charge in [0.25, 0.3) is 0 Å². The van der Waals surface area contributed by atoms with E-state index < -0.39 is 11.8 Å². The molecule has 0 aliphatic heterocycles. The van der Waals surface area contributed by atoms with Gasteiger partial charge in [-0.15, -0.1) is 0 Å². The van der Waals surface area contributed by atoms with Gasteiger partial charge in [0.15, 0.2) is 0 Å². The molecule has 0 saturated carbocycles. The molecule has 0 heterocycles. The van der Waals surface area contributed by atoms with Crippen LogP contribution in [0.2, 0.25) is 0 Å². The number of carboxylic acid groups (broad SMARTS) is 1. The zero-order valence-electron chi connectivity index (χ0n) is 7.87. The molecule has 15 heavy (non-hydrogen) atoms. The first-order chi connectivity index (χ1) is 7.09. The van der Waals surface area contributed by atoms with Gasteiger partial charge in [-0.05, 0) is 12.1 Å². The van der Waals surface area contributed by atoms with Crippen molar-refractivity contribution in [3.8, 4) is 0 Å². The molecular formula is C10H10FNO2S. The molecule has 0 fully saturated rings. The maximum absolute atomic E-state index is 13.1. The van der Waals surface area contributed by atoms with E-state index in [0.29, 0.717) is 4.99 Å². The summed E-state index contributed by atoms with van der Waals surface area (Å²) in [5.41, 5.74) is 0.271. The van der Waals surface area contributed by atoms with Crippen molar-refractivity contribution in [2.75, 3.05) is 5.32 Å². The minimum absolute atomic E-state index is 0.0553. The monoisotopic (exact) mass is 227 g/mol. The number of para-hydroxylation sites is 1. The highest BCUT2D eigenvalue weighted by Crippen LogP contribution is 2.13. The molecule has 0 atom stereocenters. The van der Waals surface area contributed by atoms with E-state index in [4.69, 9.17) is 17.3 Å². The zero-order valence-corrected chi connectivity index (χ0v) is 8.68. The predicted octanol–water partition coefficient (Wildman–Crippen LogP) is 2.43. The number of hydrogen-bond donors (Lipinski definition) is 2. The van der Waals surface area contributed by atoms with E-state index in [1.807, 2.05) is 0 Å². The number of carbonyl (C=O) groups is 1. The van der Waals surface area contributed by atoms with Crippen LogP contribution in [0.1, 0.15) is 12.8 Å². The number of thiocarbonyl (C=S) groups is 1. The molecule has 0 spiro atoms. The quantitative estimate of drug-likeness (QED) is 0.776. The van der Waals surface area contributed by atoms with Crippen molar-refractivity contribution in [2.24, 2.45) is 0 Å². The maximum atomic E-state index is 13.1. The molecule has 5 heteroatoms. The lowest BCUT2D eigenvalue weighted by atomic mass is 10.2. The number of hydrogen-bond acceptors (Lipinski definition) is 2. The summed E-state index contributed by atoms with van der Waals surface area (Å²) in [6.07, 6.45) is 0.152. The largest absolute Gasteiger partial charge is 0.481 e. The lowest BCUT2D eigenvalue weighted by molar-refractivity contribution is -0.136. The summed E-state index contributed by atoms with van der Waals surface area (Å²) in [6.45, 7) is 0. The van der Waals surface area contributed by atoms with Gasteiger partial charge < -0.3 is 10.4 Å². The molecule has 2 N–H and O–H groups in total. The minimum atomic E-state index is -0.923. The van der Waals surface area contributed by atoms with Crippen molar-refractivity contribution < 1.29 is 14.3 Å². The van der Waals surface area contributed by atoms with Gasteiger partial charge in [0.05, 0.1) is 17.1 Å². The molecule has 0 amide bonds. The molecule has 0 aromatic heterocycles. The van der Waals surface area contributed by atoms with E-state index >= 15 is 0 Å². The van der Waals surface area contributed by atoms with Crippen molar-refractivity contribution in [3.05, 3.63) is 30.1 Å². The fraction of sp³-hybridized carbons (Fsp3) is 0.200. The van der Waals surface area contributed by atoms with Gasteiger partial charge in [0.2, 0.25) is 0 Å². The number of rotatable bonds is 4. The summed E-state index contributed by atoms with van der Waals surface area (Å²) in [6, 6.07) is 6.09. The van der Waals surface area contributed by atoms with Crippen LogP contribution in [0.4, 0.5) is 10.1 Å². The van der Waals surface area contributed by atoms with Crippen LogP contribution in [0.15, 0.2) is 24.3 Å². The number of anilines is 1. The first-order valence-corrected chi connectivity index (χ1v) is 4.76. The van der Waals surface area contributed by atoms with E-state index in [0.717, 1.165) is 0 Å². The summed E-state index contributed by atoms with van der Waals surface area (Å²) < 4.78 is 13.1. The van der Waals surface area contributed by atoms with E-state index in [1.54, 1.807) is 18.2 Å². The van der Waals surface area contributed by atoms with Crippen LogP contribution in [0.5, 0.6) is 0 Å². The fourth-order valence-corrected chi connectivity index (χ4v) is 1.21. The lowest BCUT2D eigenvalue weighted by Crippen LogP contribution is -2.11. The number of halogens is 1. The molecule has 0 aliphatic rings. The molecule has 3 nitrogen and oxygen atoms in total. The Balaban J connectivity index is 2.52. The molecule has 0 unspecified atom stereocenters. The average Bonchev–Trinajstić information content (AvgIpc) is 2.18. The Morgan fingerprint density at radius 3 is 2.67 bits per heavy atom. The Bertz CT molecular complexity index is 381. The number of nitrogens with one attached hydrogen (secondary N) is 1. The highest BCUT2D eigenvalue weighted by atomic mass is 32.1. The molecule has 1 aromatic carbocycles. The highest BCUT2D eigenvalue weighted by Gasteiger charge is 2.04. The normalized spacial score (nSPS) is 9.67. The average molecular weight is 227 g/mol. The fourth-order valence-electron chi connectivity index (χ4n) is 0.996. The molecule has 0 aliphatic carbocycles. The molecule has 0 bridgehead atoms. The molecular weight excluding hydrogens is 217 g/mol. The summed E-state index contributed by atoms with van der Waals surface area (Å²) in [5.74, 6) is -1.33. The van der Waals surface area contributed by atoms with Gasteiger partial charge in [-0.25, -0.2) is 4.39 Å². The standard InChI is InChI=1S/C10H10FNO2S/c11-7-3-1-2-4-8(7)12-9(15)5-6-10(13)14/h1-4H,5-6H2,(H,12,15)(H,13,14). The van der Waals surface area contributed by atoms with Crippen LogP contribution >= 0.6 is 12.2 Å². The van der Waals surface area contributed by atoms with Gasteiger partial charge in [-0.3, -0.25) is 4.79 Å². The van der Waals surface area contributed by atoms with Crippen molar-refractivity contribution in [2.45, 2.75) is 12.8 Å². The van der Waals surface area contributed by atoms with Gasteiger partial charge in [-0.2, -0.15) is 0 Å². The van der Waals surface area contributed by atoms with Crippen molar-refractivity contribution in [1.82, 2.24) is 0 Å². The maximum Gasteiger partial charge on any atom is 0.303 e.